The normalized spacial score (nSPS) is 13.2. The van der Waals surface area contributed by atoms with E-state index in [-0.39, 0.29) is 0 Å². The molecule has 1 aliphatic heterocycles. The fraction of sp³-hybridized carbons (Fsp3) is 0.211. The van der Waals surface area contributed by atoms with Crippen LogP contribution in [0.3, 0.4) is 0 Å². The summed E-state index contributed by atoms with van der Waals surface area (Å²) < 4.78 is 1.97. The molecular weight excluding hydrogens is 350 g/mol. The van der Waals surface area contributed by atoms with Crippen LogP contribution in [-0.2, 0) is 13.1 Å². The minimum absolute atomic E-state index is 0.291. The average Bonchev–Trinajstić information content (AvgIpc) is 2.97. The lowest BCUT2D eigenvalue weighted by atomic mass is 10.0. The first kappa shape index (κ1) is 16.9. The van der Waals surface area contributed by atoms with Gasteiger partial charge in [0.25, 0.3) is 0 Å². The molecule has 0 saturated carbocycles. The Morgan fingerprint density at radius 2 is 1.81 bits per heavy atom. The van der Waals surface area contributed by atoms with E-state index in [1.165, 1.54) is 5.06 Å². The molecule has 132 valence electrons. The number of benzene rings is 2. The maximum Gasteiger partial charge on any atom is 0.159 e. The quantitative estimate of drug-likeness (QED) is 0.717. The Hall–Kier alpha value is -2.54. The van der Waals surface area contributed by atoms with E-state index < -0.39 is 0 Å². The Balaban J connectivity index is 1.88. The third-order valence-corrected chi connectivity index (χ3v) is 4.72. The van der Waals surface area contributed by atoms with Crippen molar-refractivity contribution in [1.82, 2.24) is 19.8 Å². The summed E-state index contributed by atoms with van der Waals surface area (Å²) in [7, 11) is 0. The van der Waals surface area contributed by atoms with Crippen LogP contribution in [0.4, 0.5) is 0 Å². The lowest BCUT2D eigenvalue weighted by Crippen LogP contribution is -2.21. The summed E-state index contributed by atoms with van der Waals surface area (Å²) in [5, 5.41) is 20.3. The fourth-order valence-corrected chi connectivity index (χ4v) is 3.32. The lowest BCUT2D eigenvalue weighted by molar-refractivity contribution is -0.0967. The van der Waals surface area contributed by atoms with E-state index in [2.05, 4.69) is 10.2 Å². The van der Waals surface area contributed by atoms with Crippen molar-refractivity contribution < 1.29 is 5.21 Å². The van der Waals surface area contributed by atoms with E-state index in [9.17, 15) is 5.21 Å². The summed E-state index contributed by atoms with van der Waals surface area (Å²) in [5.41, 5.74) is 3.61. The highest BCUT2D eigenvalue weighted by atomic mass is 35.5. The summed E-state index contributed by atoms with van der Waals surface area (Å²) in [6, 6.07) is 15.7. The molecule has 1 aromatic heterocycles. The highest BCUT2D eigenvalue weighted by Gasteiger charge is 2.23. The van der Waals surface area contributed by atoms with Crippen LogP contribution in [0.5, 0.6) is 0 Å². The topological polar surface area (TPSA) is 66.5 Å². The Morgan fingerprint density at radius 3 is 2.58 bits per heavy atom. The van der Waals surface area contributed by atoms with Gasteiger partial charge >= 0.3 is 0 Å². The highest BCUT2D eigenvalue weighted by molar-refractivity contribution is 6.35. The number of aliphatic imine (C=N–C) groups is 1. The van der Waals surface area contributed by atoms with Gasteiger partial charge in [-0.25, -0.2) is 0 Å². The second-order valence-corrected chi connectivity index (χ2v) is 6.42. The monoisotopic (exact) mass is 367 g/mol. The predicted molar refractivity (Wildman–Crippen MR) is 100 cm³/mol. The zero-order chi connectivity index (χ0) is 18.1. The van der Waals surface area contributed by atoms with Crippen LogP contribution < -0.4 is 0 Å². The third-order valence-electron chi connectivity index (χ3n) is 4.39. The number of hydrogen-bond donors (Lipinski definition) is 1. The molecule has 0 atom stereocenters. The lowest BCUT2D eigenvalue weighted by Gasteiger charge is -2.16. The van der Waals surface area contributed by atoms with Gasteiger partial charge in [0.05, 0.1) is 17.9 Å². The van der Waals surface area contributed by atoms with Crippen LogP contribution in [-0.4, -0.2) is 37.3 Å². The van der Waals surface area contributed by atoms with Gasteiger partial charge in [-0.15, -0.1) is 10.2 Å². The molecule has 6 nitrogen and oxygen atoms in total. The summed E-state index contributed by atoms with van der Waals surface area (Å²) in [6.07, 6.45) is 0. The van der Waals surface area contributed by atoms with E-state index in [0.717, 1.165) is 28.4 Å². The van der Waals surface area contributed by atoms with Crippen LogP contribution >= 0.6 is 11.6 Å². The summed E-state index contributed by atoms with van der Waals surface area (Å²) in [4.78, 5) is 4.78. The van der Waals surface area contributed by atoms with Crippen molar-refractivity contribution in [1.29, 1.82) is 0 Å². The van der Waals surface area contributed by atoms with Crippen molar-refractivity contribution in [3.05, 3.63) is 76.3 Å². The molecule has 7 heteroatoms. The van der Waals surface area contributed by atoms with Crippen molar-refractivity contribution in [3.63, 3.8) is 0 Å². The van der Waals surface area contributed by atoms with Crippen LogP contribution in [0.15, 0.2) is 53.5 Å². The van der Waals surface area contributed by atoms with Gasteiger partial charge in [-0.2, -0.15) is 5.06 Å². The molecule has 3 aromatic rings. The number of hydrogen-bond acceptors (Lipinski definition) is 5. The Kier molecular flexibility index (Phi) is 4.55. The van der Waals surface area contributed by atoms with Gasteiger partial charge in [0, 0.05) is 22.7 Å². The Labute approximate surface area is 156 Å². The molecule has 2 aromatic carbocycles. The predicted octanol–water partition coefficient (Wildman–Crippen LogP) is 3.48. The molecule has 1 aliphatic rings. The van der Waals surface area contributed by atoms with Gasteiger partial charge in [0.1, 0.15) is 6.54 Å². The smallest absolute Gasteiger partial charge is 0.159 e. The van der Waals surface area contributed by atoms with E-state index in [4.69, 9.17) is 16.6 Å². The summed E-state index contributed by atoms with van der Waals surface area (Å²) in [6.45, 7) is 3.07. The number of hydroxylamine groups is 2. The number of para-hydroxylation sites is 1. The number of fused-ring (bicyclic) bond motifs is 3. The van der Waals surface area contributed by atoms with Crippen LogP contribution in [0.25, 0.3) is 5.69 Å². The number of halogens is 1. The molecule has 0 radical (unpaired) electrons. The van der Waals surface area contributed by atoms with Gasteiger partial charge in [0.15, 0.2) is 11.6 Å². The molecule has 2 heterocycles. The van der Waals surface area contributed by atoms with Crippen LogP contribution in [0.2, 0.25) is 5.02 Å². The molecule has 0 aliphatic carbocycles. The number of nitrogens with zero attached hydrogens (tertiary/aromatic N) is 5. The molecule has 1 N–H and O–H groups in total. The van der Waals surface area contributed by atoms with Gasteiger partial charge in [-0.1, -0.05) is 54.9 Å². The first-order valence-corrected chi connectivity index (χ1v) is 8.83. The standard InChI is InChI=1S/C19H18ClN5O/c1-2-24(26)12-18-23-22-17-11-21-19(13-7-3-5-9-15(13)20)14-8-4-6-10-16(14)25(17)18/h3-10,26H,2,11-12H2,1H3. The second kappa shape index (κ2) is 6.99. The fourth-order valence-electron chi connectivity index (χ4n) is 3.10. The van der Waals surface area contributed by atoms with Crippen molar-refractivity contribution >= 4 is 17.3 Å². The number of rotatable bonds is 4. The van der Waals surface area contributed by atoms with Gasteiger partial charge in [-0.3, -0.25) is 9.56 Å². The van der Waals surface area contributed by atoms with Crippen molar-refractivity contribution in [2.75, 3.05) is 6.54 Å². The van der Waals surface area contributed by atoms with Crippen molar-refractivity contribution in [3.8, 4) is 5.69 Å². The van der Waals surface area contributed by atoms with Gasteiger partial charge < -0.3 is 5.21 Å². The van der Waals surface area contributed by atoms with E-state index >= 15 is 0 Å². The minimum atomic E-state index is 0.291. The molecule has 0 amide bonds. The molecule has 4 rings (SSSR count). The third kappa shape index (κ3) is 2.92. The molecule has 26 heavy (non-hydrogen) atoms. The summed E-state index contributed by atoms with van der Waals surface area (Å²) >= 11 is 6.43. The van der Waals surface area contributed by atoms with E-state index in [1.54, 1.807) is 0 Å². The van der Waals surface area contributed by atoms with Crippen molar-refractivity contribution in [2.45, 2.75) is 20.0 Å². The first-order chi connectivity index (χ1) is 12.7. The largest absolute Gasteiger partial charge is 0.314 e. The Morgan fingerprint density at radius 1 is 1.08 bits per heavy atom. The SMILES string of the molecule is CCN(O)Cc1nnc2n1-c1ccccc1C(c1ccccc1Cl)=NC2. The molecule has 0 bridgehead atoms. The van der Waals surface area contributed by atoms with Gasteiger partial charge in [0.2, 0.25) is 0 Å². The second-order valence-electron chi connectivity index (χ2n) is 6.01. The maximum absolute atomic E-state index is 9.92. The average molecular weight is 368 g/mol. The molecule has 0 spiro atoms. The molecule has 0 saturated heterocycles. The number of aromatic nitrogens is 3. The first-order valence-electron chi connectivity index (χ1n) is 8.45. The van der Waals surface area contributed by atoms with Crippen molar-refractivity contribution in [2.24, 2.45) is 4.99 Å². The zero-order valence-corrected chi connectivity index (χ0v) is 15.1. The van der Waals surface area contributed by atoms with E-state index in [0.29, 0.717) is 30.5 Å². The Bertz CT molecular complexity index is 982. The molecule has 0 fully saturated rings. The zero-order valence-electron chi connectivity index (χ0n) is 14.3. The van der Waals surface area contributed by atoms with Crippen LogP contribution in [0.1, 0.15) is 29.7 Å². The molecular formula is C19H18ClN5O. The molecule has 0 unspecified atom stereocenters. The highest BCUT2D eigenvalue weighted by Crippen LogP contribution is 2.28. The van der Waals surface area contributed by atoms with E-state index in [1.807, 2.05) is 60.0 Å². The minimum Gasteiger partial charge on any atom is -0.314 e. The summed E-state index contributed by atoms with van der Waals surface area (Å²) in [5.74, 6) is 1.41. The maximum atomic E-state index is 9.92. The van der Waals surface area contributed by atoms with Crippen LogP contribution in [0, 0.1) is 0 Å². The van der Waals surface area contributed by atoms with Gasteiger partial charge in [-0.05, 0) is 12.1 Å².